The molecule has 0 fully saturated rings. The lowest BCUT2D eigenvalue weighted by Gasteiger charge is -2.09. The largest absolute Gasteiger partial charge is 0.494 e. The highest BCUT2D eigenvalue weighted by molar-refractivity contribution is 6.14. The Bertz CT molecular complexity index is 1240. The second-order valence-electron chi connectivity index (χ2n) is 7.21. The second kappa shape index (κ2) is 8.39. The van der Waals surface area contributed by atoms with Crippen molar-refractivity contribution in [3.8, 4) is 17.0 Å². The molecule has 0 amide bonds. The van der Waals surface area contributed by atoms with Crippen LogP contribution < -0.4 is 0 Å². The highest BCUT2D eigenvalue weighted by Gasteiger charge is 2.17. The van der Waals surface area contributed by atoms with E-state index < -0.39 is 0 Å². The van der Waals surface area contributed by atoms with Crippen LogP contribution in [0.2, 0.25) is 0 Å². The van der Waals surface area contributed by atoms with Gasteiger partial charge in [-0.2, -0.15) is 0 Å². The predicted molar refractivity (Wildman–Crippen MR) is 124 cm³/mol. The van der Waals surface area contributed by atoms with Crippen molar-refractivity contribution in [2.24, 2.45) is 4.99 Å². The summed E-state index contributed by atoms with van der Waals surface area (Å²) < 4.78 is 0. The molecule has 0 bridgehead atoms. The lowest BCUT2D eigenvalue weighted by Crippen LogP contribution is -1.99. The molecule has 0 unspecified atom stereocenters. The molecule has 30 heavy (non-hydrogen) atoms. The predicted octanol–water partition coefficient (Wildman–Crippen LogP) is 5.91. The number of aromatic amines is 1. The second-order valence-corrected chi connectivity index (χ2v) is 7.21. The number of nitrogens with zero attached hydrogens (tertiary/aromatic N) is 1. The number of aromatic hydroxyl groups is 1. The van der Waals surface area contributed by atoms with Gasteiger partial charge in [-0.3, -0.25) is 0 Å². The van der Waals surface area contributed by atoms with Gasteiger partial charge in [0.15, 0.2) is 5.88 Å². The Hall–Kier alpha value is -3.63. The van der Waals surface area contributed by atoms with Crippen LogP contribution in [0.4, 0.5) is 0 Å². The number of aliphatic hydroxyl groups is 1. The molecule has 0 radical (unpaired) electrons. The third-order valence-corrected chi connectivity index (χ3v) is 5.11. The number of aliphatic imine (C=N–C) groups is 1. The van der Waals surface area contributed by atoms with Crippen molar-refractivity contribution < 1.29 is 10.2 Å². The number of allylic oxidation sites excluding steroid dienone is 6. The lowest BCUT2D eigenvalue weighted by atomic mass is 9.99. The number of nitrogens with one attached hydrogen (secondary N) is 1. The normalized spacial score (nSPS) is 15.5. The van der Waals surface area contributed by atoms with E-state index in [1.165, 1.54) is 0 Å². The first-order valence-electron chi connectivity index (χ1n) is 9.98. The SMILES string of the molecule is C=C1C=CC=CC1=N/C(=C\CC)c1c(O)[nH]c2ccc(-c3cccc(CO)c3)cc12. The van der Waals surface area contributed by atoms with Gasteiger partial charge in [0.1, 0.15) is 0 Å². The molecule has 0 saturated heterocycles. The average Bonchev–Trinajstić information content (AvgIpc) is 3.09. The molecule has 0 saturated carbocycles. The van der Waals surface area contributed by atoms with Gasteiger partial charge in [0.2, 0.25) is 0 Å². The Morgan fingerprint density at radius 1 is 1.10 bits per heavy atom. The Morgan fingerprint density at radius 3 is 2.67 bits per heavy atom. The van der Waals surface area contributed by atoms with Gasteiger partial charge in [-0.25, -0.2) is 4.99 Å². The van der Waals surface area contributed by atoms with Crippen LogP contribution in [0.5, 0.6) is 5.88 Å². The summed E-state index contributed by atoms with van der Waals surface area (Å²) in [6.07, 6.45) is 10.5. The summed E-state index contributed by atoms with van der Waals surface area (Å²) in [5.74, 6) is 0.0938. The molecule has 4 heteroatoms. The van der Waals surface area contributed by atoms with E-state index in [2.05, 4.69) is 11.6 Å². The Balaban J connectivity index is 1.86. The van der Waals surface area contributed by atoms with Crippen LogP contribution in [0.15, 0.2) is 90.0 Å². The van der Waals surface area contributed by atoms with Crippen LogP contribution in [-0.2, 0) is 6.61 Å². The molecule has 4 nitrogen and oxygen atoms in total. The highest BCUT2D eigenvalue weighted by atomic mass is 16.3. The molecule has 0 aliphatic heterocycles. The third-order valence-electron chi connectivity index (χ3n) is 5.11. The van der Waals surface area contributed by atoms with Gasteiger partial charge in [-0.15, -0.1) is 0 Å². The van der Waals surface area contributed by atoms with Crippen LogP contribution in [0.25, 0.3) is 27.7 Å². The zero-order valence-corrected chi connectivity index (χ0v) is 16.9. The zero-order chi connectivity index (χ0) is 21.1. The number of hydrogen-bond acceptors (Lipinski definition) is 3. The van der Waals surface area contributed by atoms with Crippen LogP contribution in [0, 0.1) is 0 Å². The monoisotopic (exact) mass is 396 g/mol. The van der Waals surface area contributed by atoms with Crippen molar-refractivity contribution in [2.75, 3.05) is 0 Å². The van der Waals surface area contributed by atoms with Crippen molar-refractivity contribution in [1.82, 2.24) is 4.98 Å². The number of benzene rings is 2. The molecule has 1 heterocycles. The number of H-pyrrole nitrogens is 1. The molecule has 1 aliphatic rings. The van der Waals surface area contributed by atoms with E-state index in [0.29, 0.717) is 11.3 Å². The van der Waals surface area contributed by atoms with E-state index in [0.717, 1.165) is 45.3 Å². The van der Waals surface area contributed by atoms with Crippen LogP contribution >= 0.6 is 0 Å². The summed E-state index contributed by atoms with van der Waals surface area (Å²) in [5.41, 5.74) is 6.71. The van der Waals surface area contributed by atoms with E-state index in [4.69, 9.17) is 4.99 Å². The summed E-state index contributed by atoms with van der Waals surface area (Å²) >= 11 is 0. The number of aliphatic hydroxyl groups excluding tert-OH is 1. The van der Waals surface area contributed by atoms with Crippen molar-refractivity contribution in [1.29, 1.82) is 0 Å². The molecule has 1 aromatic heterocycles. The maximum atomic E-state index is 10.7. The van der Waals surface area contributed by atoms with Crippen molar-refractivity contribution in [2.45, 2.75) is 20.0 Å². The average molecular weight is 396 g/mol. The zero-order valence-electron chi connectivity index (χ0n) is 16.9. The maximum Gasteiger partial charge on any atom is 0.199 e. The van der Waals surface area contributed by atoms with Crippen molar-refractivity contribution in [3.05, 3.63) is 96.1 Å². The van der Waals surface area contributed by atoms with Crippen LogP contribution in [0.1, 0.15) is 24.5 Å². The van der Waals surface area contributed by atoms with Crippen LogP contribution in [0.3, 0.4) is 0 Å². The summed E-state index contributed by atoms with van der Waals surface area (Å²) in [6, 6.07) is 13.8. The first-order valence-corrected chi connectivity index (χ1v) is 9.98. The van der Waals surface area contributed by atoms with Gasteiger partial charge in [-0.05, 0) is 53.0 Å². The van der Waals surface area contributed by atoms with Gasteiger partial charge < -0.3 is 15.2 Å². The van der Waals surface area contributed by atoms with E-state index in [1.807, 2.05) is 79.8 Å². The molecular weight excluding hydrogens is 372 g/mol. The van der Waals surface area contributed by atoms with E-state index >= 15 is 0 Å². The quantitative estimate of drug-likeness (QED) is 0.502. The van der Waals surface area contributed by atoms with Gasteiger partial charge in [0.25, 0.3) is 0 Å². The van der Waals surface area contributed by atoms with Gasteiger partial charge in [0, 0.05) is 10.9 Å². The third kappa shape index (κ3) is 3.78. The smallest absolute Gasteiger partial charge is 0.199 e. The van der Waals surface area contributed by atoms with Crippen LogP contribution in [-0.4, -0.2) is 20.9 Å². The summed E-state index contributed by atoms with van der Waals surface area (Å²) in [5, 5.41) is 21.1. The Morgan fingerprint density at radius 2 is 1.90 bits per heavy atom. The molecule has 2 aromatic carbocycles. The molecule has 0 atom stereocenters. The highest BCUT2D eigenvalue weighted by Crippen LogP contribution is 2.37. The van der Waals surface area contributed by atoms with Crippen molar-refractivity contribution >= 4 is 22.3 Å². The minimum absolute atomic E-state index is 0.000987. The number of rotatable bonds is 5. The molecular formula is C26H24N2O2. The maximum absolute atomic E-state index is 10.7. The number of hydrogen-bond donors (Lipinski definition) is 3. The van der Waals surface area contributed by atoms with E-state index in [1.54, 1.807) is 0 Å². The standard InChI is InChI=1S/C26H24N2O2/c1-3-7-24(27-22-11-5-4-8-17(22)2)25-21-15-20(12-13-23(21)28-26(25)30)19-10-6-9-18(14-19)16-29/h4-15,28-30H,2-3,16H2,1H3/b24-7-,27-22?. The molecule has 4 rings (SSSR count). The van der Waals surface area contributed by atoms with Crippen molar-refractivity contribution in [3.63, 3.8) is 0 Å². The Labute approximate surface area is 175 Å². The molecule has 1 aliphatic carbocycles. The minimum atomic E-state index is -0.000987. The molecule has 150 valence electrons. The minimum Gasteiger partial charge on any atom is -0.494 e. The summed E-state index contributed by atoms with van der Waals surface area (Å²) in [7, 11) is 0. The topological polar surface area (TPSA) is 68.6 Å². The summed E-state index contributed by atoms with van der Waals surface area (Å²) in [4.78, 5) is 7.88. The molecule has 0 spiro atoms. The van der Waals surface area contributed by atoms with Gasteiger partial charge >= 0.3 is 0 Å². The number of fused-ring (bicyclic) bond motifs is 1. The molecule has 3 N–H and O–H groups in total. The van der Waals surface area contributed by atoms with Gasteiger partial charge in [0.05, 0.1) is 23.6 Å². The fourth-order valence-electron chi connectivity index (χ4n) is 3.61. The first-order chi connectivity index (χ1) is 14.6. The fraction of sp³-hybridized carbons (Fsp3) is 0.115. The lowest BCUT2D eigenvalue weighted by molar-refractivity contribution is 0.282. The first kappa shape index (κ1) is 19.7. The van der Waals surface area contributed by atoms with E-state index in [-0.39, 0.29) is 12.5 Å². The Kier molecular flexibility index (Phi) is 5.50. The number of aromatic nitrogens is 1. The summed E-state index contributed by atoms with van der Waals surface area (Å²) in [6.45, 7) is 6.10. The fourth-order valence-corrected chi connectivity index (χ4v) is 3.61. The van der Waals surface area contributed by atoms with E-state index in [9.17, 15) is 10.2 Å². The van der Waals surface area contributed by atoms with Gasteiger partial charge in [-0.1, -0.05) is 62.1 Å². The molecule has 3 aromatic rings.